The fraction of sp³-hybridized carbons (Fsp3) is 0.250. The molecule has 0 bridgehead atoms. The van der Waals surface area contributed by atoms with Gasteiger partial charge in [-0.25, -0.2) is 4.79 Å². The van der Waals surface area contributed by atoms with Gasteiger partial charge in [-0.15, -0.1) is 0 Å². The number of rotatable bonds is 2. The zero-order chi connectivity index (χ0) is 12.6. The summed E-state index contributed by atoms with van der Waals surface area (Å²) < 4.78 is 8.89. The molecule has 0 fully saturated rings. The van der Waals surface area contributed by atoms with E-state index in [4.69, 9.17) is 4.74 Å². The maximum Gasteiger partial charge on any atom is 0.338 e. The third-order valence-corrected chi connectivity index (χ3v) is 4.44. The molecule has 2 heterocycles. The molecule has 2 aromatic rings. The lowest BCUT2D eigenvalue weighted by molar-refractivity contribution is 0.0525. The van der Waals surface area contributed by atoms with Crippen LogP contribution in [0.1, 0.15) is 22.8 Å². The van der Waals surface area contributed by atoms with Crippen molar-refractivity contribution in [2.45, 2.75) is 13.8 Å². The average molecular weight is 361 g/mol. The van der Waals surface area contributed by atoms with Crippen molar-refractivity contribution in [3.8, 4) is 0 Å². The van der Waals surface area contributed by atoms with Gasteiger partial charge in [-0.3, -0.25) is 0 Å². The average Bonchev–Trinajstić information content (AvgIpc) is 2.55. The minimum absolute atomic E-state index is 0.277. The second kappa shape index (κ2) is 4.82. The lowest BCUT2D eigenvalue weighted by Crippen LogP contribution is -2.07. The summed E-state index contributed by atoms with van der Waals surface area (Å²) in [5, 5.41) is 0. The molecule has 3 nitrogen and oxygen atoms in total. The normalized spacial score (nSPS) is 10.8. The van der Waals surface area contributed by atoms with Gasteiger partial charge < -0.3 is 9.14 Å². The molecule has 0 aliphatic rings. The molecule has 0 spiro atoms. The van der Waals surface area contributed by atoms with Gasteiger partial charge in [-0.1, -0.05) is 0 Å². The summed E-state index contributed by atoms with van der Waals surface area (Å²) in [6.07, 6.45) is 1.91. The Kier molecular flexibility index (Phi) is 3.58. The molecule has 0 unspecified atom stereocenters. The molecule has 0 radical (unpaired) electrons. The first-order valence-electron chi connectivity index (χ1n) is 5.18. The number of aromatic nitrogens is 1. The van der Waals surface area contributed by atoms with E-state index in [-0.39, 0.29) is 5.97 Å². The number of carbonyl (C=O) groups excluding carboxylic acids is 1. The molecule has 0 N–H and O–H groups in total. The number of hydrogen-bond donors (Lipinski definition) is 0. The smallest absolute Gasteiger partial charge is 0.338 e. The minimum Gasteiger partial charge on any atom is -0.462 e. The molecule has 0 atom stereocenters. The van der Waals surface area contributed by atoms with Gasteiger partial charge in [0.25, 0.3) is 0 Å². The van der Waals surface area contributed by atoms with Crippen LogP contribution in [0.4, 0.5) is 0 Å². The van der Waals surface area contributed by atoms with Crippen LogP contribution < -0.4 is 0 Å². The van der Waals surface area contributed by atoms with Gasteiger partial charge in [0.05, 0.1) is 16.6 Å². The lowest BCUT2D eigenvalue weighted by Gasteiger charge is -2.07. The highest BCUT2D eigenvalue weighted by molar-refractivity contribution is 9.13. The molecule has 0 saturated carbocycles. The fourth-order valence-corrected chi connectivity index (χ4v) is 2.53. The van der Waals surface area contributed by atoms with Crippen molar-refractivity contribution < 1.29 is 9.53 Å². The summed E-state index contributed by atoms with van der Waals surface area (Å²) in [5.41, 5.74) is 2.44. The van der Waals surface area contributed by atoms with E-state index in [2.05, 4.69) is 31.9 Å². The summed E-state index contributed by atoms with van der Waals surface area (Å²) in [5.74, 6) is -0.277. The second-order valence-corrected chi connectivity index (χ2v) is 5.27. The number of esters is 1. The highest BCUT2D eigenvalue weighted by atomic mass is 79.9. The van der Waals surface area contributed by atoms with Crippen molar-refractivity contribution in [1.29, 1.82) is 0 Å². The number of pyridine rings is 1. The van der Waals surface area contributed by atoms with Gasteiger partial charge in [-0.2, -0.15) is 0 Å². The van der Waals surface area contributed by atoms with E-state index in [0.717, 1.165) is 20.2 Å². The Labute approximate surface area is 116 Å². The Morgan fingerprint density at radius 2 is 2.12 bits per heavy atom. The van der Waals surface area contributed by atoms with E-state index in [0.29, 0.717) is 12.2 Å². The van der Waals surface area contributed by atoms with Gasteiger partial charge in [-0.05, 0) is 63.4 Å². The van der Waals surface area contributed by atoms with E-state index in [1.165, 1.54) is 0 Å². The topological polar surface area (TPSA) is 30.7 Å². The quantitative estimate of drug-likeness (QED) is 0.759. The van der Waals surface area contributed by atoms with Crippen molar-refractivity contribution >= 4 is 43.3 Å². The molecule has 5 heteroatoms. The summed E-state index contributed by atoms with van der Waals surface area (Å²) in [7, 11) is 0. The number of halogens is 2. The zero-order valence-electron chi connectivity index (χ0n) is 9.46. The summed E-state index contributed by atoms with van der Waals surface area (Å²) in [6, 6.07) is 3.79. The molecule has 17 heavy (non-hydrogen) atoms. The number of fused-ring (bicyclic) bond motifs is 1. The lowest BCUT2D eigenvalue weighted by atomic mass is 10.1. The maximum atomic E-state index is 11.7. The fourth-order valence-electron chi connectivity index (χ4n) is 1.68. The Morgan fingerprint density at radius 1 is 1.41 bits per heavy atom. The first-order chi connectivity index (χ1) is 8.04. The first-order valence-corrected chi connectivity index (χ1v) is 6.77. The Bertz CT molecular complexity index is 590. The van der Waals surface area contributed by atoms with Crippen LogP contribution in [0.5, 0.6) is 0 Å². The van der Waals surface area contributed by atoms with Crippen LogP contribution in [0.2, 0.25) is 0 Å². The number of aryl methyl sites for hydroxylation is 1. The van der Waals surface area contributed by atoms with E-state index < -0.39 is 0 Å². The molecule has 0 aromatic carbocycles. The highest BCUT2D eigenvalue weighted by Crippen LogP contribution is 2.28. The van der Waals surface area contributed by atoms with Crippen LogP contribution in [-0.4, -0.2) is 17.0 Å². The maximum absolute atomic E-state index is 11.7. The van der Waals surface area contributed by atoms with E-state index >= 15 is 0 Å². The Morgan fingerprint density at radius 3 is 2.76 bits per heavy atom. The number of ether oxygens (including phenoxy) is 1. The summed E-state index contributed by atoms with van der Waals surface area (Å²) >= 11 is 6.92. The predicted octanol–water partition coefficient (Wildman–Crippen LogP) is 3.95. The number of hydrogen-bond acceptors (Lipinski definition) is 2. The Hall–Kier alpha value is -0.810. The minimum atomic E-state index is -0.277. The van der Waals surface area contributed by atoms with Crippen molar-refractivity contribution in [3.05, 3.63) is 38.5 Å². The molecule has 0 aliphatic heterocycles. The predicted molar refractivity (Wildman–Crippen MR) is 73.5 cm³/mol. The zero-order valence-corrected chi connectivity index (χ0v) is 12.6. The third kappa shape index (κ3) is 2.26. The van der Waals surface area contributed by atoms with Crippen LogP contribution in [0.15, 0.2) is 27.4 Å². The molecule has 0 amide bonds. The summed E-state index contributed by atoms with van der Waals surface area (Å²) in [4.78, 5) is 11.7. The van der Waals surface area contributed by atoms with Gasteiger partial charge in [0.2, 0.25) is 0 Å². The van der Waals surface area contributed by atoms with Gasteiger partial charge in [0.1, 0.15) is 4.60 Å². The van der Waals surface area contributed by atoms with Gasteiger partial charge in [0.15, 0.2) is 0 Å². The van der Waals surface area contributed by atoms with Gasteiger partial charge in [0, 0.05) is 11.7 Å². The Balaban J connectivity index is 2.59. The standard InChI is InChI=1S/C12H11Br2NO2/c1-3-17-12(16)9-4-8-5-10(13)11(14)15(8)6-7(9)2/h4-6H,3H2,1-2H3. The SMILES string of the molecule is CCOC(=O)c1cc2cc(Br)c(Br)n2cc1C. The van der Waals surface area contributed by atoms with E-state index in [1.807, 2.05) is 29.7 Å². The van der Waals surface area contributed by atoms with Crippen molar-refractivity contribution in [2.75, 3.05) is 6.61 Å². The van der Waals surface area contributed by atoms with Crippen LogP contribution >= 0.6 is 31.9 Å². The monoisotopic (exact) mass is 359 g/mol. The van der Waals surface area contributed by atoms with Crippen LogP contribution in [0.25, 0.3) is 5.52 Å². The molecule has 0 aliphatic carbocycles. The highest BCUT2D eigenvalue weighted by Gasteiger charge is 2.13. The first kappa shape index (κ1) is 12.6. The third-order valence-electron chi connectivity index (χ3n) is 2.50. The van der Waals surface area contributed by atoms with E-state index in [1.54, 1.807) is 6.92 Å². The molecule has 90 valence electrons. The van der Waals surface area contributed by atoms with E-state index in [9.17, 15) is 4.79 Å². The van der Waals surface area contributed by atoms with Crippen molar-refractivity contribution in [3.63, 3.8) is 0 Å². The molecular formula is C12H11Br2NO2. The molecule has 2 rings (SSSR count). The van der Waals surface area contributed by atoms with Crippen molar-refractivity contribution in [1.82, 2.24) is 4.40 Å². The van der Waals surface area contributed by atoms with Crippen molar-refractivity contribution in [2.24, 2.45) is 0 Å². The largest absolute Gasteiger partial charge is 0.462 e. The molecule has 0 saturated heterocycles. The summed E-state index contributed by atoms with van der Waals surface area (Å²) in [6.45, 7) is 4.08. The number of nitrogens with zero attached hydrogens (tertiary/aromatic N) is 1. The van der Waals surface area contributed by atoms with Gasteiger partial charge >= 0.3 is 5.97 Å². The van der Waals surface area contributed by atoms with Crippen LogP contribution in [0.3, 0.4) is 0 Å². The van der Waals surface area contributed by atoms with Crippen LogP contribution in [-0.2, 0) is 4.74 Å². The second-order valence-electron chi connectivity index (χ2n) is 3.67. The molecular weight excluding hydrogens is 350 g/mol. The van der Waals surface area contributed by atoms with Crippen LogP contribution in [0, 0.1) is 6.92 Å². The number of carbonyl (C=O) groups is 1. The molecule has 2 aromatic heterocycles.